The second-order valence-electron chi connectivity index (χ2n) is 7.08. The summed E-state index contributed by atoms with van der Waals surface area (Å²) in [7, 11) is 0. The summed E-state index contributed by atoms with van der Waals surface area (Å²) in [5.41, 5.74) is 1.25. The zero-order chi connectivity index (χ0) is 21.1. The summed E-state index contributed by atoms with van der Waals surface area (Å²) in [6, 6.07) is 2.07. The SMILES string of the molecule is C=CCN1C(=O)C(=Cc2c(C)c(C#N)c(=O)n(CCC)c2N2CCCC2)SC1=S. The molecule has 0 aliphatic carbocycles. The van der Waals surface area contributed by atoms with Gasteiger partial charge in [-0.05, 0) is 37.8 Å². The van der Waals surface area contributed by atoms with Crippen molar-refractivity contribution in [2.45, 2.75) is 39.7 Å². The summed E-state index contributed by atoms with van der Waals surface area (Å²) in [6.07, 6.45) is 6.33. The van der Waals surface area contributed by atoms with Crippen LogP contribution in [0.1, 0.15) is 42.9 Å². The minimum atomic E-state index is -0.259. The average molecular weight is 429 g/mol. The Morgan fingerprint density at radius 2 is 2.00 bits per heavy atom. The third-order valence-corrected chi connectivity index (χ3v) is 6.54. The van der Waals surface area contributed by atoms with Crippen molar-refractivity contribution in [3.8, 4) is 6.07 Å². The Hall–Kier alpha value is -2.37. The van der Waals surface area contributed by atoms with E-state index in [9.17, 15) is 14.9 Å². The van der Waals surface area contributed by atoms with E-state index in [0.29, 0.717) is 27.9 Å². The van der Waals surface area contributed by atoms with Gasteiger partial charge in [-0.1, -0.05) is 37.0 Å². The molecule has 1 amide bonds. The number of hydrogen-bond donors (Lipinski definition) is 0. The van der Waals surface area contributed by atoms with E-state index in [1.165, 1.54) is 16.7 Å². The summed E-state index contributed by atoms with van der Waals surface area (Å²) in [6.45, 7) is 10.1. The lowest BCUT2D eigenvalue weighted by Crippen LogP contribution is -2.33. The van der Waals surface area contributed by atoms with Crippen LogP contribution in [-0.4, -0.2) is 39.3 Å². The van der Waals surface area contributed by atoms with Gasteiger partial charge in [0.15, 0.2) is 0 Å². The summed E-state index contributed by atoms with van der Waals surface area (Å²) in [4.78, 5) is 30.1. The van der Waals surface area contributed by atoms with Crippen LogP contribution >= 0.6 is 24.0 Å². The predicted octanol–water partition coefficient (Wildman–Crippen LogP) is 3.43. The van der Waals surface area contributed by atoms with E-state index < -0.39 is 0 Å². The molecule has 2 aliphatic rings. The maximum Gasteiger partial charge on any atom is 0.270 e. The van der Waals surface area contributed by atoms with Crippen molar-refractivity contribution in [3.63, 3.8) is 0 Å². The van der Waals surface area contributed by atoms with Gasteiger partial charge >= 0.3 is 0 Å². The molecule has 1 aromatic heterocycles. The largest absolute Gasteiger partial charge is 0.357 e. The molecule has 152 valence electrons. The van der Waals surface area contributed by atoms with Crippen LogP contribution in [0.5, 0.6) is 0 Å². The van der Waals surface area contributed by atoms with Gasteiger partial charge < -0.3 is 4.90 Å². The van der Waals surface area contributed by atoms with Crippen LogP contribution in [-0.2, 0) is 11.3 Å². The van der Waals surface area contributed by atoms with Crippen molar-refractivity contribution in [3.05, 3.63) is 44.6 Å². The maximum atomic E-state index is 13.0. The molecule has 2 fully saturated rings. The standard InChI is InChI=1S/C21H24N4O2S2/c1-4-8-24-18(23-10-6-7-11-23)15(14(3)16(13-22)19(24)26)12-17-20(27)25(9-5-2)21(28)29-17/h5,12H,2,4,6-11H2,1,3H3. The number of carbonyl (C=O) groups excluding carboxylic acids is 1. The van der Waals surface area contributed by atoms with E-state index in [4.69, 9.17) is 12.2 Å². The normalized spacial score (nSPS) is 18.0. The number of aromatic nitrogens is 1. The van der Waals surface area contributed by atoms with Gasteiger partial charge in [0.25, 0.3) is 11.5 Å². The number of rotatable bonds is 6. The fourth-order valence-electron chi connectivity index (χ4n) is 3.76. The van der Waals surface area contributed by atoms with Gasteiger partial charge in [0, 0.05) is 31.7 Å². The summed E-state index contributed by atoms with van der Waals surface area (Å²) in [5, 5.41) is 9.63. The molecule has 0 radical (unpaired) electrons. The minimum Gasteiger partial charge on any atom is -0.357 e. The number of pyridine rings is 1. The Morgan fingerprint density at radius 3 is 2.59 bits per heavy atom. The first-order valence-corrected chi connectivity index (χ1v) is 11.0. The summed E-state index contributed by atoms with van der Waals surface area (Å²) < 4.78 is 2.19. The van der Waals surface area contributed by atoms with E-state index >= 15 is 0 Å². The number of thioether (sulfide) groups is 1. The molecular formula is C21H24N4O2S2. The zero-order valence-electron chi connectivity index (χ0n) is 16.7. The quantitative estimate of drug-likeness (QED) is 0.393. The Morgan fingerprint density at radius 1 is 1.31 bits per heavy atom. The highest BCUT2D eigenvalue weighted by atomic mass is 32.2. The first-order valence-electron chi connectivity index (χ1n) is 9.73. The molecule has 0 saturated carbocycles. The van der Waals surface area contributed by atoms with Crippen molar-refractivity contribution in [2.24, 2.45) is 0 Å². The Kier molecular flexibility index (Phi) is 6.60. The van der Waals surface area contributed by atoms with Gasteiger partial charge in [-0.15, -0.1) is 6.58 Å². The summed E-state index contributed by atoms with van der Waals surface area (Å²) in [5.74, 6) is 0.637. The minimum absolute atomic E-state index is 0.134. The molecule has 0 unspecified atom stereocenters. The first-order chi connectivity index (χ1) is 13.9. The molecule has 0 atom stereocenters. The lowest BCUT2D eigenvalue weighted by Gasteiger charge is -2.26. The number of amides is 1. The third kappa shape index (κ3) is 3.89. The second kappa shape index (κ2) is 8.97. The molecule has 3 heterocycles. The maximum absolute atomic E-state index is 13.0. The van der Waals surface area contributed by atoms with Crippen LogP contribution in [0, 0.1) is 18.3 Å². The van der Waals surface area contributed by atoms with Crippen molar-refractivity contribution < 1.29 is 4.79 Å². The van der Waals surface area contributed by atoms with Gasteiger partial charge in [-0.3, -0.25) is 19.1 Å². The van der Waals surface area contributed by atoms with Crippen molar-refractivity contribution in [1.29, 1.82) is 5.26 Å². The number of hydrogen-bond acceptors (Lipinski definition) is 6. The number of carbonyl (C=O) groups is 1. The van der Waals surface area contributed by atoms with Crippen LogP contribution in [0.15, 0.2) is 22.4 Å². The molecule has 2 saturated heterocycles. The van der Waals surface area contributed by atoms with Gasteiger partial charge in [0.05, 0.1) is 4.91 Å². The second-order valence-corrected chi connectivity index (χ2v) is 8.76. The smallest absolute Gasteiger partial charge is 0.270 e. The Bertz CT molecular complexity index is 997. The summed E-state index contributed by atoms with van der Waals surface area (Å²) >= 11 is 6.59. The van der Waals surface area contributed by atoms with Gasteiger partial charge in [-0.25, -0.2) is 0 Å². The number of anilines is 1. The van der Waals surface area contributed by atoms with Crippen LogP contribution < -0.4 is 10.5 Å². The molecule has 0 bridgehead atoms. The van der Waals surface area contributed by atoms with Gasteiger partial charge in [-0.2, -0.15) is 5.26 Å². The molecule has 29 heavy (non-hydrogen) atoms. The van der Waals surface area contributed by atoms with E-state index in [1.54, 1.807) is 23.6 Å². The highest BCUT2D eigenvalue weighted by Crippen LogP contribution is 2.36. The molecule has 0 spiro atoms. The van der Waals surface area contributed by atoms with Crippen molar-refractivity contribution in [2.75, 3.05) is 24.5 Å². The lowest BCUT2D eigenvalue weighted by molar-refractivity contribution is -0.121. The van der Waals surface area contributed by atoms with E-state index in [-0.39, 0.29) is 17.0 Å². The Labute approximate surface area is 180 Å². The van der Waals surface area contributed by atoms with E-state index in [1.807, 2.05) is 6.92 Å². The third-order valence-electron chi connectivity index (χ3n) is 5.16. The van der Waals surface area contributed by atoms with E-state index in [2.05, 4.69) is 17.5 Å². The van der Waals surface area contributed by atoms with Crippen LogP contribution in [0.25, 0.3) is 6.08 Å². The lowest BCUT2D eigenvalue weighted by atomic mass is 10.0. The fraction of sp³-hybridized carbons (Fsp3) is 0.429. The number of thiocarbonyl (C=S) groups is 1. The van der Waals surface area contributed by atoms with Gasteiger partial charge in [0.1, 0.15) is 21.8 Å². The first kappa shape index (κ1) is 21.3. The molecule has 8 heteroatoms. The number of nitrogens with zero attached hydrogens (tertiary/aromatic N) is 4. The topological polar surface area (TPSA) is 69.3 Å². The van der Waals surface area contributed by atoms with Crippen molar-refractivity contribution >= 4 is 46.1 Å². The molecule has 1 aromatic rings. The molecule has 0 N–H and O–H groups in total. The number of nitriles is 1. The highest BCUT2D eigenvalue weighted by molar-refractivity contribution is 8.26. The molecular weight excluding hydrogens is 404 g/mol. The van der Waals surface area contributed by atoms with E-state index in [0.717, 1.165) is 43.7 Å². The molecule has 3 rings (SSSR count). The fourth-order valence-corrected chi connectivity index (χ4v) is 5.02. The molecule has 6 nitrogen and oxygen atoms in total. The van der Waals surface area contributed by atoms with Crippen LogP contribution in [0.2, 0.25) is 0 Å². The zero-order valence-corrected chi connectivity index (χ0v) is 18.4. The van der Waals surface area contributed by atoms with Crippen LogP contribution in [0.3, 0.4) is 0 Å². The molecule has 0 aromatic carbocycles. The van der Waals surface area contributed by atoms with Crippen molar-refractivity contribution in [1.82, 2.24) is 9.47 Å². The van der Waals surface area contributed by atoms with Gasteiger partial charge in [0.2, 0.25) is 0 Å². The highest BCUT2D eigenvalue weighted by Gasteiger charge is 2.32. The monoisotopic (exact) mass is 428 g/mol. The predicted molar refractivity (Wildman–Crippen MR) is 122 cm³/mol. The van der Waals surface area contributed by atoms with Crippen LogP contribution in [0.4, 0.5) is 5.82 Å². The Balaban J connectivity index is 2.24. The average Bonchev–Trinajstić information content (AvgIpc) is 3.31. The molecule has 2 aliphatic heterocycles.